The Morgan fingerprint density at radius 2 is 1.73 bits per heavy atom. The minimum atomic E-state index is -2.84. The Bertz CT molecular complexity index is 565. The third-order valence-electron chi connectivity index (χ3n) is 3.66. The van der Waals surface area contributed by atoms with Gasteiger partial charge < -0.3 is 20.3 Å². The van der Waals surface area contributed by atoms with Crippen molar-refractivity contribution < 1.29 is 28.0 Å². The van der Waals surface area contributed by atoms with E-state index in [2.05, 4.69) is 15.4 Å². The monoisotopic (exact) mass is 372 g/mol. The SMILES string of the molecule is CC[NH+](CC(=O)NCCc1ccc(OC(F)F)cc1)CC(=O)NC(C)C. The highest BCUT2D eigenvalue weighted by Gasteiger charge is 2.16. The standard InChI is InChI=1S/C18H27F2N3O3/c1-4-23(12-17(25)22-13(2)3)11-16(24)21-10-9-14-5-7-15(8-6-14)26-18(19)20/h5-8,13,18H,4,9-12H2,1-3H3,(H,21,24)(H,22,25)/p+1. The van der Waals surface area contributed by atoms with Crippen LogP contribution in [0.2, 0.25) is 0 Å². The quantitative estimate of drug-likeness (QED) is 0.526. The van der Waals surface area contributed by atoms with Gasteiger partial charge in [-0.15, -0.1) is 0 Å². The number of carbonyl (C=O) groups is 2. The fourth-order valence-corrected chi connectivity index (χ4v) is 2.39. The molecule has 146 valence electrons. The van der Waals surface area contributed by atoms with Crippen LogP contribution in [0, 0.1) is 0 Å². The Morgan fingerprint density at radius 1 is 1.12 bits per heavy atom. The molecule has 26 heavy (non-hydrogen) atoms. The number of ether oxygens (including phenoxy) is 1. The van der Waals surface area contributed by atoms with Crippen molar-refractivity contribution in [1.82, 2.24) is 10.6 Å². The van der Waals surface area contributed by atoms with Gasteiger partial charge in [0.05, 0.1) is 6.54 Å². The molecule has 8 heteroatoms. The third-order valence-corrected chi connectivity index (χ3v) is 3.66. The van der Waals surface area contributed by atoms with E-state index in [1.807, 2.05) is 20.8 Å². The molecule has 0 bridgehead atoms. The molecule has 0 aliphatic rings. The topological polar surface area (TPSA) is 71.9 Å². The summed E-state index contributed by atoms with van der Waals surface area (Å²) >= 11 is 0. The van der Waals surface area contributed by atoms with Crippen molar-refractivity contribution in [2.45, 2.75) is 39.8 Å². The number of likely N-dealkylation sites (N-methyl/N-ethyl adjacent to an activating group) is 1. The van der Waals surface area contributed by atoms with Crippen molar-refractivity contribution >= 4 is 11.8 Å². The summed E-state index contributed by atoms with van der Waals surface area (Å²) < 4.78 is 28.5. The first kappa shape index (κ1) is 21.8. The first-order valence-electron chi connectivity index (χ1n) is 8.73. The Kier molecular flexibility index (Phi) is 9.57. The van der Waals surface area contributed by atoms with Gasteiger partial charge in [-0.2, -0.15) is 8.78 Å². The van der Waals surface area contributed by atoms with Crippen molar-refractivity contribution in [3.63, 3.8) is 0 Å². The summed E-state index contributed by atoms with van der Waals surface area (Å²) in [5.41, 5.74) is 0.905. The lowest BCUT2D eigenvalue weighted by molar-refractivity contribution is -0.881. The molecule has 6 nitrogen and oxygen atoms in total. The highest BCUT2D eigenvalue weighted by Crippen LogP contribution is 2.14. The van der Waals surface area contributed by atoms with Gasteiger partial charge in [-0.25, -0.2) is 0 Å². The summed E-state index contributed by atoms with van der Waals surface area (Å²) in [5, 5.41) is 5.63. The molecule has 0 aliphatic carbocycles. The van der Waals surface area contributed by atoms with Gasteiger partial charge in [0.25, 0.3) is 11.8 Å². The maximum Gasteiger partial charge on any atom is 0.387 e. The molecule has 3 N–H and O–H groups in total. The Morgan fingerprint density at radius 3 is 2.27 bits per heavy atom. The molecule has 1 rings (SSSR count). The summed E-state index contributed by atoms with van der Waals surface area (Å²) in [4.78, 5) is 24.7. The van der Waals surface area contributed by atoms with Crippen LogP contribution >= 0.6 is 0 Å². The van der Waals surface area contributed by atoms with Crippen molar-refractivity contribution in [2.75, 3.05) is 26.2 Å². The van der Waals surface area contributed by atoms with E-state index < -0.39 is 6.61 Å². The minimum Gasteiger partial charge on any atom is -0.435 e. The summed E-state index contributed by atoms with van der Waals surface area (Å²) in [6.45, 7) is 4.45. The normalized spacial score (nSPS) is 12.1. The average Bonchev–Trinajstić information content (AvgIpc) is 2.54. The third kappa shape index (κ3) is 9.31. The molecular formula is C18H28F2N3O3+. The molecule has 1 aromatic rings. The highest BCUT2D eigenvalue weighted by molar-refractivity contribution is 5.79. The lowest BCUT2D eigenvalue weighted by Gasteiger charge is -2.17. The van der Waals surface area contributed by atoms with E-state index in [0.717, 1.165) is 10.5 Å². The lowest BCUT2D eigenvalue weighted by Crippen LogP contribution is -3.14. The number of nitrogens with one attached hydrogen (secondary N) is 3. The molecule has 2 amide bonds. The van der Waals surface area contributed by atoms with Crippen LogP contribution in [-0.4, -0.2) is 50.6 Å². The largest absolute Gasteiger partial charge is 0.435 e. The second-order valence-corrected chi connectivity index (χ2v) is 6.30. The summed E-state index contributed by atoms with van der Waals surface area (Å²) in [6, 6.07) is 6.39. The van der Waals surface area contributed by atoms with E-state index in [-0.39, 0.29) is 36.7 Å². The first-order valence-corrected chi connectivity index (χ1v) is 8.73. The van der Waals surface area contributed by atoms with Crippen molar-refractivity contribution in [3.8, 4) is 5.75 Å². The average molecular weight is 372 g/mol. The van der Waals surface area contributed by atoms with Crippen LogP contribution in [-0.2, 0) is 16.0 Å². The molecule has 1 unspecified atom stereocenters. The maximum absolute atomic E-state index is 12.1. The molecule has 0 saturated carbocycles. The molecule has 1 aromatic carbocycles. The number of hydrogen-bond acceptors (Lipinski definition) is 3. The van der Waals surface area contributed by atoms with Crippen LogP contribution in [0.5, 0.6) is 5.75 Å². The van der Waals surface area contributed by atoms with Gasteiger partial charge in [0.2, 0.25) is 0 Å². The summed E-state index contributed by atoms with van der Waals surface area (Å²) in [5.74, 6) is -0.0951. The molecule has 0 saturated heterocycles. The molecular weight excluding hydrogens is 344 g/mol. The van der Waals surface area contributed by atoms with E-state index in [1.54, 1.807) is 12.1 Å². The lowest BCUT2D eigenvalue weighted by atomic mass is 10.1. The van der Waals surface area contributed by atoms with Crippen molar-refractivity contribution in [2.24, 2.45) is 0 Å². The number of hydrogen-bond donors (Lipinski definition) is 3. The number of halogens is 2. The van der Waals surface area contributed by atoms with Crippen molar-refractivity contribution in [1.29, 1.82) is 0 Å². The summed E-state index contributed by atoms with van der Waals surface area (Å²) in [7, 11) is 0. The molecule has 0 radical (unpaired) electrons. The fraction of sp³-hybridized carbons (Fsp3) is 0.556. The summed E-state index contributed by atoms with van der Waals surface area (Å²) in [6.07, 6.45) is 0.579. The second-order valence-electron chi connectivity index (χ2n) is 6.30. The highest BCUT2D eigenvalue weighted by atomic mass is 19.3. The zero-order chi connectivity index (χ0) is 19.5. The predicted octanol–water partition coefficient (Wildman–Crippen LogP) is 0.376. The predicted molar refractivity (Wildman–Crippen MR) is 94.3 cm³/mol. The van der Waals surface area contributed by atoms with Gasteiger partial charge in [-0.1, -0.05) is 12.1 Å². The van der Waals surface area contributed by atoms with Gasteiger partial charge in [0.1, 0.15) is 5.75 Å². The van der Waals surface area contributed by atoms with Crippen molar-refractivity contribution in [3.05, 3.63) is 29.8 Å². The van der Waals surface area contributed by atoms with E-state index in [4.69, 9.17) is 0 Å². The number of benzene rings is 1. The number of quaternary nitrogens is 1. The number of rotatable bonds is 11. The zero-order valence-corrected chi connectivity index (χ0v) is 15.5. The van der Waals surface area contributed by atoms with Gasteiger partial charge in [0.15, 0.2) is 13.1 Å². The van der Waals surface area contributed by atoms with E-state index >= 15 is 0 Å². The Labute approximate surface area is 152 Å². The maximum atomic E-state index is 12.1. The first-order chi connectivity index (χ1) is 12.3. The second kappa shape index (κ2) is 11.4. The van der Waals surface area contributed by atoms with E-state index in [1.165, 1.54) is 12.1 Å². The van der Waals surface area contributed by atoms with Gasteiger partial charge >= 0.3 is 6.61 Å². The smallest absolute Gasteiger partial charge is 0.387 e. The van der Waals surface area contributed by atoms with Gasteiger partial charge in [0, 0.05) is 12.6 Å². The van der Waals surface area contributed by atoms with Crippen LogP contribution in [0.15, 0.2) is 24.3 Å². The van der Waals surface area contributed by atoms with E-state index in [9.17, 15) is 18.4 Å². The Hall–Kier alpha value is -2.22. The van der Waals surface area contributed by atoms with Crippen LogP contribution in [0.1, 0.15) is 26.3 Å². The van der Waals surface area contributed by atoms with Crippen LogP contribution < -0.4 is 20.3 Å². The number of alkyl halides is 2. The number of amides is 2. The van der Waals surface area contributed by atoms with Gasteiger partial charge in [-0.3, -0.25) is 9.59 Å². The van der Waals surface area contributed by atoms with Gasteiger partial charge in [-0.05, 0) is 44.9 Å². The van der Waals surface area contributed by atoms with E-state index in [0.29, 0.717) is 19.5 Å². The molecule has 0 fully saturated rings. The molecule has 0 spiro atoms. The Balaban J connectivity index is 2.33. The molecule has 0 aromatic heterocycles. The molecule has 1 atom stereocenters. The van der Waals surface area contributed by atoms with Crippen LogP contribution in [0.25, 0.3) is 0 Å². The van der Waals surface area contributed by atoms with Crippen LogP contribution in [0.3, 0.4) is 0 Å². The fourth-order valence-electron chi connectivity index (χ4n) is 2.39. The molecule has 0 aliphatic heterocycles. The van der Waals surface area contributed by atoms with Crippen LogP contribution in [0.4, 0.5) is 8.78 Å². The minimum absolute atomic E-state index is 0.0734. The number of carbonyl (C=O) groups excluding carboxylic acids is 2. The molecule has 0 heterocycles. The zero-order valence-electron chi connectivity index (χ0n) is 15.5.